The van der Waals surface area contributed by atoms with E-state index in [1.165, 1.54) is 27.6 Å². The maximum absolute atomic E-state index is 12.9. The predicted molar refractivity (Wildman–Crippen MR) is 118 cm³/mol. The molecule has 1 aliphatic carbocycles. The van der Waals surface area contributed by atoms with E-state index in [1.807, 2.05) is 0 Å². The molecule has 2 aromatic heterocycles. The third kappa shape index (κ3) is 4.29. The Morgan fingerprint density at radius 3 is 2.94 bits per heavy atom. The summed E-state index contributed by atoms with van der Waals surface area (Å²) in [6.45, 7) is 4.40. The lowest BCUT2D eigenvalue weighted by molar-refractivity contribution is -0.384. The Hall–Kier alpha value is -3.27. The molecule has 0 aliphatic heterocycles. The molecule has 0 N–H and O–H groups in total. The van der Waals surface area contributed by atoms with E-state index in [9.17, 15) is 19.7 Å². The number of aromatic nitrogens is 2. The Bertz CT molecular complexity index is 1180. The zero-order chi connectivity index (χ0) is 22.0. The molecule has 0 atom stereocenters. The van der Waals surface area contributed by atoms with Crippen LogP contribution in [0.15, 0.2) is 40.1 Å². The number of non-ortho nitro benzene ring substituents is 1. The highest BCUT2D eigenvalue weighted by molar-refractivity contribution is 7.16. The number of rotatable bonds is 8. The van der Waals surface area contributed by atoms with Crippen LogP contribution in [0.2, 0.25) is 0 Å². The molecular weight excluding hydrogens is 420 g/mol. The fourth-order valence-electron chi connectivity index (χ4n) is 3.77. The lowest BCUT2D eigenvalue weighted by Gasteiger charge is -2.18. The van der Waals surface area contributed by atoms with Crippen LogP contribution in [0.1, 0.15) is 36.3 Å². The summed E-state index contributed by atoms with van der Waals surface area (Å²) in [5, 5.41) is 11.6. The third-order valence-electron chi connectivity index (χ3n) is 5.31. The van der Waals surface area contributed by atoms with Gasteiger partial charge in [-0.3, -0.25) is 24.4 Å². The number of thiazole rings is 1. The number of aryl methyl sites for hydroxylation is 3. The molecule has 9 nitrogen and oxygen atoms in total. The second kappa shape index (κ2) is 8.84. The predicted octanol–water partition coefficient (Wildman–Crippen LogP) is 3.84. The first-order valence-corrected chi connectivity index (χ1v) is 11.0. The number of amides is 1. The number of benzene rings is 1. The molecule has 162 valence electrons. The van der Waals surface area contributed by atoms with E-state index >= 15 is 0 Å². The summed E-state index contributed by atoms with van der Waals surface area (Å²) in [6.07, 6.45) is 6.57. The molecule has 1 aromatic carbocycles. The number of hydrogen-bond acceptors (Lipinski definition) is 7. The Labute approximate surface area is 181 Å². The topological polar surface area (TPSA) is 111 Å². The largest absolute Gasteiger partial charge is 0.419 e. The first-order valence-electron chi connectivity index (χ1n) is 10.2. The normalized spacial score (nSPS) is 13.2. The summed E-state index contributed by atoms with van der Waals surface area (Å²) in [5.74, 6) is -0.680. The molecule has 3 aromatic rings. The first kappa shape index (κ1) is 21.0. The maximum Gasteiger partial charge on any atom is 0.419 e. The summed E-state index contributed by atoms with van der Waals surface area (Å²) in [7, 11) is 0. The van der Waals surface area contributed by atoms with Gasteiger partial charge in [0.2, 0.25) is 5.91 Å². The van der Waals surface area contributed by atoms with Gasteiger partial charge in [0.25, 0.3) is 5.69 Å². The number of hydrogen-bond donors (Lipinski definition) is 0. The van der Waals surface area contributed by atoms with Gasteiger partial charge >= 0.3 is 5.76 Å². The van der Waals surface area contributed by atoms with Crippen LogP contribution in [0.5, 0.6) is 0 Å². The van der Waals surface area contributed by atoms with Gasteiger partial charge in [0.1, 0.15) is 0 Å². The number of nitro benzene ring substituents is 1. The van der Waals surface area contributed by atoms with E-state index in [2.05, 4.69) is 11.6 Å². The van der Waals surface area contributed by atoms with E-state index < -0.39 is 10.7 Å². The summed E-state index contributed by atoms with van der Waals surface area (Å²) in [6, 6.07) is 4.05. The highest BCUT2D eigenvalue weighted by atomic mass is 32.1. The van der Waals surface area contributed by atoms with Crippen LogP contribution >= 0.6 is 11.3 Å². The fourth-order valence-corrected chi connectivity index (χ4v) is 4.95. The minimum atomic E-state index is -0.599. The number of carbonyl (C=O) groups excluding carboxylic acids is 1. The Morgan fingerprint density at radius 2 is 2.19 bits per heavy atom. The van der Waals surface area contributed by atoms with Gasteiger partial charge < -0.3 is 4.42 Å². The molecule has 2 heterocycles. The van der Waals surface area contributed by atoms with Crippen LogP contribution in [0.4, 0.5) is 10.8 Å². The summed E-state index contributed by atoms with van der Waals surface area (Å²) < 4.78 is 6.53. The van der Waals surface area contributed by atoms with Crippen LogP contribution in [-0.4, -0.2) is 26.9 Å². The van der Waals surface area contributed by atoms with E-state index in [0.29, 0.717) is 23.6 Å². The van der Waals surface area contributed by atoms with Crippen LogP contribution < -0.4 is 10.7 Å². The van der Waals surface area contributed by atoms with Gasteiger partial charge in [-0.05, 0) is 38.2 Å². The number of carbonyl (C=O) groups is 1. The Kier molecular flexibility index (Phi) is 5.99. The molecule has 10 heteroatoms. The minimum absolute atomic E-state index is 0.0810. The van der Waals surface area contributed by atoms with Crippen molar-refractivity contribution < 1.29 is 14.1 Å². The summed E-state index contributed by atoms with van der Waals surface area (Å²) in [5.41, 5.74) is 1.58. The standard InChI is InChI=1S/C21H22N4O5S/c1-2-11-24(20-22-15-6-3-4-7-18(15)31-20)19(26)8-5-12-23-16-10-9-14(25(28)29)13-17(16)30-21(23)27/h2,9-10,13H,1,3-8,11-12H2. The summed E-state index contributed by atoms with van der Waals surface area (Å²) >= 11 is 1.57. The highest BCUT2D eigenvalue weighted by Gasteiger charge is 2.22. The molecule has 4 rings (SSSR count). The van der Waals surface area contributed by atoms with Gasteiger partial charge in [-0.2, -0.15) is 0 Å². The second-order valence-electron chi connectivity index (χ2n) is 7.40. The molecule has 31 heavy (non-hydrogen) atoms. The lowest BCUT2D eigenvalue weighted by Crippen LogP contribution is -2.31. The average Bonchev–Trinajstić information content (AvgIpc) is 3.31. The SMILES string of the molecule is C=CCN(C(=O)CCCn1c(=O)oc2cc([N+](=O)[O-])ccc21)c1nc2c(s1)CCCC2. The maximum atomic E-state index is 12.9. The molecule has 0 fully saturated rings. The molecule has 1 amide bonds. The summed E-state index contributed by atoms with van der Waals surface area (Å²) in [4.78, 5) is 43.0. The van der Waals surface area contributed by atoms with E-state index in [-0.39, 0.29) is 30.1 Å². The minimum Gasteiger partial charge on any atom is -0.407 e. The van der Waals surface area contributed by atoms with Crippen molar-refractivity contribution in [3.05, 3.63) is 62.1 Å². The van der Waals surface area contributed by atoms with Crippen molar-refractivity contribution in [3.8, 4) is 0 Å². The molecule has 1 aliphatic rings. The van der Waals surface area contributed by atoms with Crippen molar-refractivity contribution in [3.63, 3.8) is 0 Å². The van der Waals surface area contributed by atoms with Crippen molar-refractivity contribution in [2.24, 2.45) is 0 Å². The van der Waals surface area contributed by atoms with Gasteiger partial charge in [-0.15, -0.1) is 17.9 Å². The number of fused-ring (bicyclic) bond motifs is 2. The zero-order valence-corrected chi connectivity index (χ0v) is 17.7. The average molecular weight is 442 g/mol. The van der Waals surface area contributed by atoms with Crippen LogP contribution in [-0.2, 0) is 24.2 Å². The zero-order valence-electron chi connectivity index (χ0n) is 16.9. The van der Waals surface area contributed by atoms with Crippen molar-refractivity contribution in [1.29, 1.82) is 0 Å². The quantitative estimate of drug-likeness (QED) is 0.298. The fraction of sp³-hybridized carbons (Fsp3) is 0.381. The monoisotopic (exact) mass is 442 g/mol. The number of anilines is 1. The second-order valence-corrected chi connectivity index (χ2v) is 8.46. The van der Waals surface area contributed by atoms with Gasteiger partial charge in [-0.1, -0.05) is 6.08 Å². The van der Waals surface area contributed by atoms with Crippen LogP contribution in [0.3, 0.4) is 0 Å². The molecule has 0 radical (unpaired) electrons. The Balaban J connectivity index is 1.45. The smallest absolute Gasteiger partial charge is 0.407 e. The van der Waals surface area contributed by atoms with Crippen molar-refractivity contribution in [2.45, 2.75) is 45.1 Å². The molecule has 0 saturated heterocycles. The third-order valence-corrected chi connectivity index (χ3v) is 6.49. The van der Waals surface area contributed by atoms with Crippen LogP contribution in [0, 0.1) is 10.1 Å². The lowest BCUT2D eigenvalue weighted by atomic mass is 10.0. The van der Waals surface area contributed by atoms with Crippen molar-refractivity contribution in [2.75, 3.05) is 11.4 Å². The van der Waals surface area contributed by atoms with E-state index in [1.54, 1.807) is 22.3 Å². The van der Waals surface area contributed by atoms with E-state index in [4.69, 9.17) is 4.42 Å². The molecular formula is C21H22N4O5S. The van der Waals surface area contributed by atoms with Gasteiger partial charge in [-0.25, -0.2) is 9.78 Å². The Morgan fingerprint density at radius 1 is 1.39 bits per heavy atom. The molecule has 0 bridgehead atoms. The van der Waals surface area contributed by atoms with Crippen LogP contribution in [0.25, 0.3) is 11.1 Å². The molecule has 0 unspecified atom stereocenters. The first-order chi connectivity index (χ1) is 15.0. The molecule has 0 spiro atoms. The van der Waals surface area contributed by atoms with Gasteiger partial charge in [0, 0.05) is 30.5 Å². The highest BCUT2D eigenvalue weighted by Crippen LogP contribution is 2.32. The number of oxazole rings is 1. The number of nitro groups is 1. The number of nitrogens with zero attached hydrogens (tertiary/aromatic N) is 4. The van der Waals surface area contributed by atoms with Gasteiger partial charge in [0.05, 0.1) is 22.2 Å². The van der Waals surface area contributed by atoms with Crippen molar-refractivity contribution in [1.82, 2.24) is 9.55 Å². The van der Waals surface area contributed by atoms with Gasteiger partial charge in [0.15, 0.2) is 10.7 Å². The van der Waals surface area contributed by atoms with Crippen molar-refractivity contribution >= 4 is 39.2 Å². The molecule has 0 saturated carbocycles. The van der Waals surface area contributed by atoms with E-state index in [0.717, 1.165) is 31.4 Å².